The highest BCUT2D eigenvalue weighted by molar-refractivity contribution is 7.13. The molecule has 0 radical (unpaired) electrons. The molecule has 0 saturated heterocycles. The van der Waals surface area contributed by atoms with Gasteiger partial charge < -0.3 is 10.1 Å². The average Bonchev–Trinajstić information content (AvgIpc) is 2.83. The lowest BCUT2D eigenvalue weighted by atomic mass is 10.2. The molecular formula is C12H13N3O2S. The Hall–Kier alpha value is -1.95. The number of hydrogen-bond acceptors (Lipinski definition) is 6. The van der Waals surface area contributed by atoms with Crippen LogP contribution in [-0.2, 0) is 9.53 Å². The van der Waals surface area contributed by atoms with Gasteiger partial charge in [-0.25, -0.2) is 9.97 Å². The molecule has 0 saturated carbocycles. The Morgan fingerprint density at radius 3 is 2.72 bits per heavy atom. The van der Waals surface area contributed by atoms with Crippen LogP contribution in [0.25, 0.3) is 10.4 Å². The van der Waals surface area contributed by atoms with Gasteiger partial charge >= 0.3 is 5.97 Å². The molecule has 0 aliphatic heterocycles. The zero-order chi connectivity index (χ0) is 13.0. The fourth-order valence-corrected chi connectivity index (χ4v) is 2.33. The van der Waals surface area contributed by atoms with Crippen molar-refractivity contribution >= 4 is 23.3 Å². The topological polar surface area (TPSA) is 64.1 Å². The molecular weight excluding hydrogens is 250 g/mol. The lowest BCUT2D eigenvalue weighted by molar-refractivity contribution is -0.138. The Bertz CT molecular complexity index is 537. The molecule has 0 aliphatic carbocycles. The van der Waals surface area contributed by atoms with Crippen molar-refractivity contribution < 1.29 is 9.53 Å². The number of hydrogen-bond donors (Lipinski definition) is 1. The van der Waals surface area contributed by atoms with Crippen LogP contribution in [0.4, 0.5) is 5.95 Å². The zero-order valence-electron chi connectivity index (χ0n) is 10.1. The van der Waals surface area contributed by atoms with Gasteiger partial charge in [0.2, 0.25) is 5.95 Å². The molecule has 0 aromatic carbocycles. The molecule has 2 rings (SSSR count). The van der Waals surface area contributed by atoms with Crippen molar-refractivity contribution in [3.8, 4) is 10.4 Å². The van der Waals surface area contributed by atoms with E-state index in [4.69, 9.17) is 0 Å². The maximum atomic E-state index is 10.9. The maximum Gasteiger partial charge on any atom is 0.325 e. The van der Waals surface area contributed by atoms with Crippen molar-refractivity contribution in [3.05, 3.63) is 29.4 Å². The summed E-state index contributed by atoms with van der Waals surface area (Å²) in [6.07, 6.45) is 3.48. The lowest BCUT2D eigenvalue weighted by Crippen LogP contribution is -2.16. The SMILES string of the molecule is COC(=O)CNc1ncc(-c2sccc2C)cn1. The van der Waals surface area contributed by atoms with Crippen molar-refractivity contribution in [1.29, 1.82) is 0 Å². The molecule has 1 N–H and O–H groups in total. The Morgan fingerprint density at radius 1 is 1.44 bits per heavy atom. The van der Waals surface area contributed by atoms with Crippen molar-refractivity contribution in [1.82, 2.24) is 9.97 Å². The molecule has 2 heterocycles. The molecule has 2 aromatic heterocycles. The predicted octanol–water partition coefficient (Wildman–Crippen LogP) is 2.10. The second kappa shape index (κ2) is 5.59. The van der Waals surface area contributed by atoms with E-state index in [9.17, 15) is 4.79 Å². The van der Waals surface area contributed by atoms with E-state index in [1.54, 1.807) is 23.7 Å². The number of methoxy groups -OCH3 is 1. The summed E-state index contributed by atoms with van der Waals surface area (Å²) in [7, 11) is 1.34. The number of aromatic nitrogens is 2. The minimum absolute atomic E-state index is 0.0634. The molecule has 0 amide bonds. The van der Waals surface area contributed by atoms with Gasteiger partial charge in [0, 0.05) is 22.8 Å². The quantitative estimate of drug-likeness (QED) is 0.856. The number of carbonyl (C=O) groups is 1. The van der Waals surface area contributed by atoms with E-state index in [0.29, 0.717) is 5.95 Å². The van der Waals surface area contributed by atoms with Crippen LogP contribution >= 0.6 is 11.3 Å². The molecule has 2 aromatic rings. The first kappa shape index (κ1) is 12.5. The van der Waals surface area contributed by atoms with Crippen LogP contribution < -0.4 is 5.32 Å². The molecule has 0 atom stereocenters. The summed E-state index contributed by atoms with van der Waals surface area (Å²) in [5.41, 5.74) is 2.19. The summed E-state index contributed by atoms with van der Waals surface area (Å²) in [5, 5.41) is 4.82. The molecule has 18 heavy (non-hydrogen) atoms. The minimum atomic E-state index is -0.350. The molecule has 0 fully saturated rings. The Balaban J connectivity index is 2.06. The third kappa shape index (κ3) is 2.84. The Morgan fingerprint density at radius 2 is 2.17 bits per heavy atom. The molecule has 0 spiro atoms. The van der Waals surface area contributed by atoms with Gasteiger partial charge in [0.25, 0.3) is 0 Å². The normalized spacial score (nSPS) is 10.1. The van der Waals surface area contributed by atoms with Crippen LogP contribution in [0.2, 0.25) is 0 Å². The molecule has 6 heteroatoms. The predicted molar refractivity (Wildman–Crippen MR) is 70.6 cm³/mol. The van der Waals surface area contributed by atoms with Crippen molar-refractivity contribution in [3.63, 3.8) is 0 Å². The van der Waals surface area contributed by atoms with Gasteiger partial charge in [-0.2, -0.15) is 0 Å². The van der Waals surface area contributed by atoms with Crippen LogP contribution in [0.15, 0.2) is 23.8 Å². The molecule has 94 valence electrons. The number of nitrogens with zero attached hydrogens (tertiary/aromatic N) is 2. The van der Waals surface area contributed by atoms with Gasteiger partial charge in [-0.15, -0.1) is 11.3 Å². The molecule has 0 bridgehead atoms. The number of rotatable bonds is 4. The lowest BCUT2D eigenvalue weighted by Gasteiger charge is -2.04. The van der Waals surface area contributed by atoms with Crippen LogP contribution in [0.1, 0.15) is 5.56 Å². The Labute approximate surface area is 109 Å². The monoisotopic (exact) mass is 263 g/mol. The summed E-state index contributed by atoms with van der Waals surface area (Å²) in [5.74, 6) is 0.0649. The van der Waals surface area contributed by atoms with Crippen LogP contribution in [-0.4, -0.2) is 29.6 Å². The zero-order valence-corrected chi connectivity index (χ0v) is 11.0. The van der Waals surface area contributed by atoms with E-state index in [2.05, 4.69) is 33.0 Å². The smallest absolute Gasteiger partial charge is 0.325 e. The van der Waals surface area contributed by atoms with E-state index in [1.807, 2.05) is 5.38 Å². The van der Waals surface area contributed by atoms with E-state index < -0.39 is 0 Å². The second-order valence-corrected chi connectivity index (χ2v) is 4.57. The number of aryl methyl sites for hydroxylation is 1. The third-order valence-corrected chi connectivity index (χ3v) is 3.46. The van der Waals surface area contributed by atoms with Crippen LogP contribution in [0.5, 0.6) is 0 Å². The van der Waals surface area contributed by atoms with E-state index in [1.165, 1.54) is 12.7 Å². The largest absolute Gasteiger partial charge is 0.468 e. The fraction of sp³-hybridized carbons (Fsp3) is 0.250. The third-order valence-electron chi connectivity index (χ3n) is 2.39. The second-order valence-electron chi connectivity index (χ2n) is 3.66. The van der Waals surface area contributed by atoms with E-state index >= 15 is 0 Å². The van der Waals surface area contributed by atoms with Gasteiger partial charge in [0.05, 0.1) is 7.11 Å². The van der Waals surface area contributed by atoms with Crippen molar-refractivity contribution in [2.45, 2.75) is 6.92 Å². The summed E-state index contributed by atoms with van der Waals surface area (Å²) in [6.45, 7) is 2.11. The molecule has 5 nitrogen and oxygen atoms in total. The number of nitrogens with one attached hydrogen (secondary N) is 1. The highest BCUT2D eigenvalue weighted by atomic mass is 32.1. The first-order chi connectivity index (χ1) is 8.70. The average molecular weight is 263 g/mol. The molecule has 0 aliphatic rings. The number of thiophene rings is 1. The number of ether oxygens (including phenoxy) is 1. The first-order valence-electron chi connectivity index (χ1n) is 5.38. The summed E-state index contributed by atoms with van der Waals surface area (Å²) >= 11 is 1.66. The summed E-state index contributed by atoms with van der Waals surface area (Å²) in [4.78, 5) is 20.4. The number of anilines is 1. The Kier molecular flexibility index (Phi) is 3.88. The summed E-state index contributed by atoms with van der Waals surface area (Å²) < 4.78 is 4.51. The minimum Gasteiger partial charge on any atom is -0.468 e. The van der Waals surface area contributed by atoms with Crippen LogP contribution in [0, 0.1) is 6.92 Å². The van der Waals surface area contributed by atoms with Gasteiger partial charge in [0.1, 0.15) is 6.54 Å². The highest BCUT2D eigenvalue weighted by Gasteiger charge is 2.06. The highest BCUT2D eigenvalue weighted by Crippen LogP contribution is 2.27. The van der Waals surface area contributed by atoms with Crippen molar-refractivity contribution in [2.24, 2.45) is 0 Å². The van der Waals surface area contributed by atoms with Gasteiger partial charge in [0.15, 0.2) is 0 Å². The van der Waals surface area contributed by atoms with E-state index in [0.717, 1.165) is 10.4 Å². The van der Waals surface area contributed by atoms with E-state index in [-0.39, 0.29) is 12.5 Å². The standard InChI is InChI=1S/C12H13N3O2S/c1-8-3-4-18-11(8)9-5-13-12(14-6-9)15-7-10(16)17-2/h3-6H,7H2,1-2H3,(H,13,14,15). The van der Waals surface area contributed by atoms with Crippen LogP contribution in [0.3, 0.4) is 0 Å². The first-order valence-corrected chi connectivity index (χ1v) is 6.26. The maximum absolute atomic E-state index is 10.9. The molecule has 0 unspecified atom stereocenters. The fourth-order valence-electron chi connectivity index (χ4n) is 1.43. The van der Waals surface area contributed by atoms with Crippen molar-refractivity contribution in [2.75, 3.05) is 19.0 Å². The van der Waals surface area contributed by atoms with Gasteiger partial charge in [-0.3, -0.25) is 4.79 Å². The number of esters is 1. The van der Waals surface area contributed by atoms with Gasteiger partial charge in [-0.1, -0.05) is 0 Å². The number of carbonyl (C=O) groups excluding carboxylic acids is 1. The summed E-state index contributed by atoms with van der Waals surface area (Å²) in [6, 6.07) is 2.06. The van der Waals surface area contributed by atoms with Gasteiger partial charge in [-0.05, 0) is 23.9 Å².